The molecule has 0 radical (unpaired) electrons. The molecule has 0 bridgehead atoms. The maximum absolute atomic E-state index is 14.1. The van der Waals surface area contributed by atoms with E-state index in [9.17, 15) is 19.2 Å². The van der Waals surface area contributed by atoms with Gasteiger partial charge in [0.05, 0.1) is 0 Å². The van der Waals surface area contributed by atoms with Crippen molar-refractivity contribution in [2.75, 3.05) is 6.54 Å². The normalized spacial score (nSPS) is 15.1. The predicted molar refractivity (Wildman–Crippen MR) is 147 cm³/mol. The summed E-state index contributed by atoms with van der Waals surface area (Å²) in [5, 5.41) is 5.67. The summed E-state index contributed by atoms with van der Waals surface area (Å²) in [6.45, 7) is 9.86. The van der Waals surface area contributed by atoms with Crippen molar-refractivity contribution in [3.8, 4) is 0 Å². The zero-order chi connectivity index (χ0) is 28.3. The van der Waals surface area contributed by atoms with E-state index in [1.165, 1.54) is 0 Å². The van der Waals surface area contributed by atoms with E-state index >= 15 is 0 Å². The lowest BCUT2D eigenvalue weighted by Crippen LogP contribution is -2.57. The number of nitrogens with zero attached hydrogens (tertiary/aromatic N) is 1. The number of nitrogens with one attached hydrogen (secondary N) is 2. The molecule has 1 aliphatic rings. The van der Waals surface area contributed by atoms with Crippen LogP contribution in [0.2, 0.25) is 0 Å². The average molecular weight is 531 g/mol. The van der Waals surface area contributed by atoms with Crippen LogP contribution in [0.1, 0.15) is 103 Å². The van der Waals surface area contributed by atoms with Gasteiger partial charge in [-0.05, 0) is 70.4 Å². The number of nitrogens with two attached hydrogens (primary N) is 1. The van der Waals surface area contributed by atoms with Gasteiger partial charge in [-0.1, -0.05) is 51.0 Å². The lowest BCUT2D eigenvalue weighted by Gasteiger charge is -2.43. The van der Waals surface area contributed by atoms with E-state index in [0.717, 1.165) is 50.5 Å². The summed E-state index contributed by atoms with van der Waals surface area (Å²) in [4.78, 5) is 53.6. The average Bonchev–Trinajstić information content (AvgIpc) is 2.81. The van der Waals surface area contributed by atoms with Crippen molar-refractivity contribution in [3.05, 3.63) is 35.4 Å². The SMILES string of the molecule is CCCCCNC(=O)C(c1ccc(CC)cc1)N(C(=O)C(CCC(N)=O)NC(=O)OC(C)(C)C)C1CCC1. The van der Waals surface area contributed by atoms with Crippen LogP contribution in [-0.4, -0.2) is 52.9 Å². The predicted octanol–water partition coefficient (Wildman–Crippen LogP) is 4.14. The van der Waals surface area contributed by atoms with Gasteiger partial charge in [-0.15, -0.1) is 0 Å². The Morgan fingerprint density at radius 1 is 1.08 bits per heavy atom. The van der Waals surface area contributed by atoms with Crippen molar-refractivity contribution in [1.29, 1.82) is 0 Å². The standard InChI is InChI=1S/C29H46N4O5/c1-6-8-9-19-31-26(35)25(21-15-13-20(7-2)14-16-21)33(22-11-10-12-22)27(36)23(17-18-24(30)34)32-28(37)38-29(3,4)5/h13-16,22-23,25H,6-12,17-19H2,1-5H3,(H2,30,34)(H,31,35)(H,32,37). The molecule has 1 saturated carbocycles. The van der Waals surface area contributed by atoms with Gasteiger partial charge in [0.1, 0.15) is 17.7 Å². The summed E-state index contributed by atoms with van der Waals surface area (Å²) < 4.78 is 5.38. The Balaban J connectivity index is 2.44. The number of hydrogen-bond donors (Lipinski definition) is 3. The molecule has 2 atom stereocenters. The number of hydrogen-bond acceptors (Lipinski definition) is 5. The monoisotopic (exact) mass is 530 g/mol. The molecule has 0 heterocycles. The van der Waals surface area contributed by atoms with Crippen LogP contribution in [0.25, 0.3) is 0 Å². The van der Waals surface area contributed by atoms with Crippen molar-refractivity contribution >= 4 is 23.8 Å². The van der Waals surface area contributed by atoms with Crippen molar-refractivity contribution in [2.24, 2.45) is 5.73 Å². The molecular weight excluding hydrogens is 484 g/mol. The first-order valence-electron chi connectivity index (χ1n) is 13.9. The van der Waals surface area contributed by atoms with E-state index in [4.69, 9.17) is 10.5 Å². The minimum atomic E-state index is -1.07. The topological polar surface area (TPSA) is 131 Å². The number of amides is 4. The third-order valence-electron chi connectivity index (χ3n) is 6.70. The molecule has 2 rings (SSSR count). The van der Waals surface area contributed by atoms with Crippen LogP contribution in [0.3, 0.4) is 0 Å². The maximum Gasteiger partial charge on any atom is 0.408 e. The van der Waals surface area contributed by atoms with Gasteiger partial charge in [-0.25, -0.2) is 4.79 Å². The molecule has 0 saturated heterocycles. The van der Waals surface area contributed by atoms with E-state index in [1.807, 2.05) is 24.3 Å². The van der Waals surface area contributed by atoms with E-state index in [1.54, 1.807) is 25.7 Å². The first-order valence-corrected chi connectivity index (χ1v) is 13.9. The van der Waals surface area contributed by atoms with Crippen molar-refractivity contribution < 1.29 is 23.9 Å². The number of rotatable bonds is 14. The van der Waals surface area contributed by atoms with E-state index < -0.39 is 35.6 Å². The second-order valence-electron chi connectivity index (χ2n) is 11.0. The molecule has 9 nitrogen and oxygen atoms in total. The van der Waals surface area contributed by atoms with Crippen molar-refractivity contribution in [1.82, 2.24) is 15.5 Å². The maximum atomic E-state index is 14.1. The van der Waals surface area contributed by atoms with Gasteiger partial charge in [0, 0.05) is 19.0 Å². The fourth-order valence-electron chi connectivity index (χ4n) is 4.41. The summed E-state index contributed by atoms with van der Waals surface area (Å²) in [5.41, 5.74) is 6.45. The smallest absolute Gasteiger partial charge is 0.408 e. The zero-order valence-electron chi connectivity index (χ0n) is 23.7. The van der Waals surface area contributed by atoms with Crippen LogP contribution in [-0.2, 0) is 25.5 Å². The summed E-state index contributed by atoms with van der Waals surface area (Å²) in [6, 6.07) is 5.65. The lowest BCUT2D eigenvalue weighted by molar-refractivity contribution is -0.147. The molecule has 4 N–H and O–H groups in total. The molecule has 4 amide bonds. The number of carbonyl (C=O) groups is 4. The number of carbonyl (C=O) groups excluding carboxylic acids is 4. The van der Waals surface area contributed by atoms with Crippen molar-refractivity contribution in [3.63, 3.8) is 0 Å². The van der Waals surface area contributed by atoms with Crippen LogP contribution in [0.15, 0.2) is 24.3 Å². The number of primary amides is 1. The van der Waals surface area contributed by atoms with Gasteiger partial charge in [-0.3, -0.25) is 14.4 Å². The number of aryl methyl sites for hydroxylation is 1. The third-order valence-corrected chi connectivity index (χ3v) is 6.70. The molecule has 1 aliphatic carbocycles. The van der Waals surface area contributed by atoms with E-state index in [0.29, 0.717) is 12.1 Å². The Morgan fingerprint density at radius 3 is 2.24 bits per heavy atom. The van der Waals surface area contributed by atoms with Gasteiger partial charge in [0.2, 0.25) is 17.7 Å². The third kappa shape index (κ3) is 9.65. The molecule has 1 aromatic carbocycles. The molecule has 0 aromatic heterocycles. The highest BCUT2D eigenvalue weighted by atomic mass is 16.6. The van der Waals surface area contributed by atoms with Crippen LogP contribution >= 0.6 is 0 Å². The van der Waals surface area contributed by atoms with Crippen LogP contribution in [0.5, 0.6) is 0 Å². The number of benzene rings is 1. The lowest BCUT2D eigenvalue weighted by atomic mass is 9.87. The van der Waals surface area contributed by atoms with E-state index in [-0.39, 0.29) is 24.8 Å². The molecule has 2 unspecified atom stereocenters. The Morgan fingerprint density at radius 2 is 1.74 bits per heavy atom. The Kier molecular flexibility index (Phi) is 12.1. The van der Waals surface area contributed by atoms with Crippen LogP contribution in [0, 0.1) is 0 Å². The minimum absolute atomic E-state index is 0.0102. The van der Waals surface area contributed by atoms with Gasteiger partial charge < -0.3 is 26.0 Å². The molecule has 0 aliphatic heterocycles. The highest BCUT2D eigenvalue weighted by Gasteiger charge is 2.42. The summed E-state index contributed by atoms with van der Waals surface area (Å²) in [6.07, 6.45) is 5.34. The largest absolute Gasteiger partial charge is 0.444 e. The Hall–Kier alpha value is -3.10. The highest BCUT2D eigenvalue weighted by molar-refractivity contribution is 5.92. The molecule has 38 heavy (non-hydrogen) atoms. The van der Waals surface area contributed by atoms with E-state index in [2.05, 4.69) is 24.5 Å². The molecule has 1 aromatic rings. The summed E-state index contributed by atoms with van der Waals surface area (Å²) in [7, 11) is 0. The van der Waals surface area contributed by atoms with Gasteiger partial charge in [-0.2, -0.15) is 0 Å². The van der Waals surface area contributed by atoms with Crippen molar-refractivity contribution in [2.45, 2.75) is 116 Å². The first-order chi connectivity index (χ1) is 18.0. The molecule has 0 spiro atoms. The Labute approximate surface area is 227 Å². The zero-order valence-corrected chi connectivity index (χ0v) is 23.7. The summed E-state index contributed by atoms with van der Waals surface area (Å²) in [5.74, 6) is -1.25. The van der Waals surface area contributed by atoms with Crippen LogP contribution < -0.4 is 16.4 Å². The molecular formula is C29H46N4O5. The number of alkyl carbamates (subject to hydrolysis) is 1. The molecule has 9 heteroatoms. The van der Waals surface area contributed by atoms with Gasteiger partial charge >= 0.3 is 6.09 Å². The second-order valence-corrected chi connectivity index (χ2v) is 11.0. The molecule has 1 fully saturated rings. The van der Waals surface area contributed by atoms with Crippen LogP contribution in [0.4, 0.5) is 4.79 Å². The second kappa shape index (κ2) is 14.7. The fourth-order valence-corrected chi connectivity index (χ4v) is 4.41. The first kappa shape index (κ1) is 31.1. The molecule has 212 valence electrons. The van der Waals surface area contributed by atoms with Gasteiger partial charge in [0.25, 0.3) is 0 Å². The quantitative estimate of drug-likeness (QED) is 0.311. The summed E-state index contributed by atoms with van der Waals surface area (Å²) >= 11 is 0. The van der Waals surface area contributed by atoms with Gasteiger partial charge in [0.15, 0.2) is 0 Å². The number of ether oxygens (including phenoxy) is 1. The Bertz CT molecular complexity index is 937. The fraction of sp³-hybridized carbons (Fsp3) is 0.655. The number of unbranched alkanes of at least 4 members (excludes halogenated alkanes) is 2. The highest BCUT2D eigenvalue weighted by Crippen LogP contribution is 2.34. The minimum Gasteiger partial charge on any atom is -0.444 e.